The van der Waals surface area contributed by atoms with Gasteiger partial charge in [-0.1, -0.05) is 0 Å². The van der Waals surface area contributed by atoms with E-state index in [1.165, 1.54) is 0 Å². The minimum atomic E-state index is 0.309. The number of hydrogen-bond donors (Lipinski definition) is 2. The number of aromatic nitrogens is 1. The second-order valence-corrected chi connectivity index (χ2v) is 4.06. The second kappa shape index (κ2) is 4.49. The van der Waals surface area contributed by atoms with Gasteiger partial charge in [-0.3, -0.25) is 0 Å². The van der Waals surface area contributed by atoms with Gasteiger partial charge in [0.25, 0.3) is 0 Å². The summed E-state index contributed by atoms with van der Waals surface area (Å²) in [5.41, 5.74) is 6.28. The number of rotatable bonds is 2. The Morgan fingerprint density at radius 3 is 2.67 bits per heavy atom. The Labute approximate surface area is 89.7 Å². The maximum atomic E-state index is 9.03. The Bertz CT molecular complexity index is 304. The van der Waals surface area contributed by atoms with Crippen LogP contribution in [0.25, 0.3) is 0 Å². The summed E-state index contributed by atoms with van der Waals surface area (Å²) in [6.07, 6.45) is 3.78. The first kappa shape index (κ1) is 10.2. The van der Waals surface area contributed by atoms with Gasteiger partial charge in [-0.25, -0.2) is 4.98 Å². The highest BCUT2D eigenvalue weighted by Crippen LogP contribution is 2.21. The molecule has 4 nitrogen and oxygen atoms in total. The maximum absolute atomic E-state index is 9.03. The Kier molecular flexibility index (Phi) is 3.06. The molecule has 0 unspecified atom stereocenters. The standard InChI is InChI=1S/C11H17N3O/c12-10-1-2-11(13-7-10)14-5-3-9(8-15)4-6-14/h1-2,7,9,15H,3-6,8,12H2. The Morgan fingerprint density at radius 1 is 1.40 bits per heavy atom. The van der Waals surface area contributed by atoms with Crippen molar-refractivity contribution < 1.29 is 5.11 Å². The van der Waals surface area contributed by atoms with Crippen LogP contribution in [0.15, 0.2) is 18.3 Å². The van der Waals surface area contributed by atoms with Crippen molar-refractivity contribution in [3.8, 4) is 0 Å². The van der Waals surface area contributed by atoms with Crippen molar-refractivity contribution in [1.82, 2.24) is 4.98 Å². The van der Waals surface area contributed by atoms with Crippen LogP contribution in [-0.2, 0) is 0 Å². The SMILES string of the molecule is Nc1ccc(N2CCC(CO)CC2)nc1. The van der Waals surface area contributed by atoms with E-state index in [1.807, 2.05) is 12.1 Å². The minimum Gasteiger partial charge on any atom is -0.397 e. The molecule has 1 aliphatic heterocycles. The number of nitrogen functional groups attached to an aromatic ring is 1. The fraction of sp³-hybridized carbons (Fsp3) is 0.545. The molecule has 0 bridgehead atoms. The van der Waals surface area contributed by atoms with E-state index >= 15 is 0 Å². The normalized spacial score (nSPS) is 18.1. The molecule has 0 aromatic carbocycles. The van der Waals surface area contributed by atoms with E-state index < -0.39 is 0 Å². The van der Waals surface area contributed by atoms with E-state index in [2.05, 4.69) is 9.88 Å². The van der Waals surface area contributed by atoms with Crippen LogP contribution in [0.5, 0.6) is 0 Å². The fourth-order valence-electron chi connectivity index (χ4n) is 1.93. The highest BCUT2D eigenvalue weighted by atomic mass is 16.3. The van der Waals surface area contributed by atoms with Gasteiger partial charge in [-0.15, -0.1) is 0 Å². The molecule has 0 spiro atoms. The Morgan fingerprint density at radius 2 is 2.13 bits per heavy atom. The lowest BCUT2D eigenvalue weighted by molar-refractivity contribution is 0.203. The molecule has 1 saturated heterocycles. The van der Waals surface area contributed by atoms with Crippen molar-refractivity contribution in [1.29, 1.82) is 0 Å². The fourth-order valence-corrected chi connectivity index (χ4v) is 1.93. The monoisotopic (exact) mass is 207 g/mol. The third-order valence-corrected chi connectivity index (χ3v) is 2.97. The average Bonchev–Trinajstić information content (AvgIpc) is 2.30. The van der Waals surface area contributed by atoms with Crippen molar-refractivity contribution in [3.05, 3.63) is 18.3 Å². The molecule has 0 saturated carbocycles. The number of piperidine rings is 1. The van der Waals surface area contributed by atoms with Crippen LogP contribution in [-0.4, -0.2) is 29.8 Å². The molecule has 2 heterocycles. The molecule has 2 rings (SSSR count). The minimum absolute atomic E-state index is 0.309. The molecule has 1 aromatic heterocycles. The summed E-state index contributed by atoms with van der Waals surface area (Å²) >= 11 is 0. The molecule has 4 heteroatoms. The number of nitrogens with zero attached hydrogens (tertiary/aromatic N) is 2. The lowest BCUT2D eigenvalue weighted by atomic mass is 9.98. The maximum Gasteiger partial charge on any atom is 0.128 e. The van der Waals surface area contributed by atoms with Crippen molar-refractivity contribution in [2.75, 3.05) is 30.3 Å². The zero-order chi connectivity index (χ0) is 10.7. The summed E-state index contributed by atoms with van der Waals surface area (Å²) in [6, 6.07) is 3.83. The van der Waals surface area contributed by atoms with Gasteiger partial charge < -0.3 is 15.7 Å². The predicted octanol–water partition coefficient (Wildman–Crippen LogP) is 0.872. The van der Waals surface area contributed by atoms with Crippen molar-refractivity contribution >= 4 is 11.5 Å². The topological polar surface area (TPSA) is 62.4 Å². The molecule has 15 heavy (non-hydrogen) atoms. The smallest absolute Gasteiger partial charge is 0.128 e. The zero-order valence-electron chi connectivity index (χ0n) is 8.76. The summed E-state index contributed by atoms with van der Waals surface area (Å²) in [5.74, 6) is 1.45. The first-order valence-corrected chi connectivity index (χ1v) is 5.37. The van der Waals surface area contributed by atoms with Gasteiger partial charge >= 0.3 is 0 Å². The van der Waals surface area contributed by atoms with Gasteiger partial charge in [-0.2, -0.15) is 0 Å². The molecule has 0 atom stereocenters. The van der Waals surface area contributed by atoms with Gasteiger partial charge in [0.1, 0.15) is 5.82 Å². The van der Waals surface area contributed by atoms with Crippen LogP contribution in [0.3, 0.4) is 0 Å². The lowest BCUT2D eigenvalue weighted by Gasteiger charge is -2.31. The average molecular weight is 207 g/mol. The largest absolute Gasteiger partial charge is 0.397 e. The number of nitrogens with two attached hydrogens (primary N) is 1. The van der Waals surface area contributed by atoms with Crippen LogP contribution in [0.1, 0.15) is 12.8 Å². The van der Waals surface area contributed by atoms with E-state index in [-0.39, 0.29) is 0 Å². The molecular formula is C11H17N3O. The number of aliphatic hydroxyl groups is 1. The number of aliphatic hydroxyl groups excluding tert-OH is 1. The summed E-state index contributed by atoms with van der Waals surface area (Å²) in [6.45, 7) is 2.26. The molecule has 1 aromatic rings. The molecule has 1 aliphatic rings. The summed E-state index contributed by atoms with van der Waals surface area (Å²) in [7, 11) is 0. The van der Waals surface area contributed by atoms with Gasteiger partial charge in [0.05, 0.1) is 11.9 Å². The summed E-state index contributed by atoms with van der Waals surface area (Å²) in [5, 5.41) is 9.03. The highest BCUT2D eigenvalue weighted by Gasteiger charge is 2.18. The van der Waals surface area contributed by atoms with Crippen LogP contribution >= 0.6 is 0 Å². The van der Waals surface area contributed by atoms with Gasteiger partial charge in [-0.05, 0) is 30.9 Å². The third-order valence-electron chi connectivity index (χ3n) is 2.97. The first-order valence-electron chi connectivity index (χ1n) is 5.37. The molecule has 0 radical (unpaired) electrons. The van der Waals surface area contributed by atoms with Crippen molar-refractivity contribution in [3.63, 3.8) is 0 Å². The van der Waals surface area contributed by atoms with Gasteiger partial charge in [0, 0.05) is 19.7 Å². The molecule has 3 N–H and O–H groups in total. The molecule has 0 amide bonds. The quantitative estimate of drug-likeness (QED) is 0.755. The van der Waals surface area contributed by atoms with E-state index in [4.69, 9.17) is 10.8 Å². The number of pyridine rings is 1. The van der Waals surface area contributed by atoms with Crippen molar-refractivity contribution in [2.24, 2.45) is 5.92 Å². The number of anilines is 2. The van der Waals surface area contributed by atoms with Crippen LogP contribution in [0.4, 0.5) is 11.5 Å². The van der Waals surface area contributed by atoms with Crippen molar-refractivity contribution in [2.45, 2.75) is 12.8 Å². The van der Waals surface area contributed by atoms with E-state index in [0.717, 1.165) is 31.7 Å². The highest BCUT2D eigenvalue weighted by molar-refractivity contribution is 5.45. The molecular weight excluding hydrogens is 190 g/mol. The Balaban J connectivity index is 1.98. The first-order chi connectivity index (χ1) is 7.29. The number of hydrogen-bond acceptors (Lipinski definition) is 4. The Hall–Kier alpha value is -1.29. The van der Waals surface area contributed by atoms with E-state index in [1.54, 1.807) is 6.20 Å². The van der Waals surface area contributed by atoms with Gasteiger partial charge in [0.15, 0.2) is 0 Å². The molecule has 1 fully saturated rings. The van der Waals surface area contributed by atoms with E-state index in [9.17, 15) is 0 Å². The lowest BCUT2D eigenvalue weighted by Crippen LogP contribution is -2.35. The van der Waals surface area contributed by atoms with Crippen LogP contribution in [0, 0.1) is 5.92 Å². The molecule has 0 aliphatic carbocycles. The van der Waals surface area contributed by atoms with Gasteiger partial charge in [0.2, 0.25) is 0 Å². The molecule has 82 valence electrons. The summed E-state index contributed by atoms with van der Waals surface area (Å²) < 4.78 is 0. The van der Waals surface area contributed by atoms with Crippen LogP contribution in [0.2, 0.25) is 0 Å². The zero-order valence-corrected chi connectivity index (χ0v) is 8.76. The van der Waals surface area contributed by atoms with E-state index in [0.29, 0.717) is 18.2 Å². The predicted molar refractivity (Wildman–Crippen MR) is 60.7 cm³/mol. The third kappa shape index (κ3) is 2.39. The van der Waals surface area contributed by atoms with Crippen LogP contribution < -0.4 is 10.6 Å². The second-order valence-electron chi connectivity index (χ2n) is 4.06. The summed E-state index contributed by atoms with van der Waals surface area (Å²) in [4.78, 5) is 6.53.